The summed E-state index contributed by atoms with van der Waals surface area (Å²) in [7, 11) is 0. The van der Waals surface area contributed by atoms with Crippen molar-refractivity contribution in [2.24, 2.45) is 0 Å². The quantitative estimate of drug-likeness (QED) is 0.315. The van der Waals surface area contributed by atoms with Gasteiger partial charge in [0, 0.05) is 23.5 Å². The van der Waals surface area contributed by atoms with Gasteiger partial charge in [-0.1, -0.05) is 61.5 Å². The molecule has 0 saturated carbocycles. The molecule has 0 bridgehead atoms. The Morgan fingerprint density at radius 3 is 2.69 bits per heavy atom. The van der Waals surface area contributed by atoms with E-state index in [4.69, 9.17) is 0 Å². The van der Waals surface area contributed by atoms with E-state index < -0.39 is 0 Å². The molecule has 0 aliphatic carbocycles. The largest absolute Gasteiger partial charge is 0.321 e. The fourth-order valence-electron chi connectivity index (χ4n) is 4.57. The summed E-state index contributed by atoms with van der Waals surface area (Å²) in [5.74, 6) is 0.806. The van der Waals surface area contributed by atoms with E-state index >= 15 is 0 Å². The average molecular weight is 485 g/mol. The van der Waals surface area contributed by atoms with Crippen LogP contribution in [0.25, 0.3) is 10.9 Å². The Morgan fingerprint density at radius 1 is 1.06 bits per heavy atom. The SMILES string of the molecule is CC[C@@H](c1nnnn1Cc1ccccc1)N(Cc1cccs1)Cc1cc2cccc(C)c2[nH]c1=O. The zero-order chi connectivity index (χ0) is 24.2. The summed E-state index contributed by atoms with van der Waals surface area (Å²) >= 11 is 1.72. The predicted molar refractivity (Wildman–Crippen MR) is 139 cm³/mol. The number of hydrogen-bond donors (Lipinski definition) is 1. The van der Waals surface area contributed by atoms with E-state index in [1.807, 2.05) is 54.1 Å². The maximum atomic E-state index is 13.1. The van der Waals surface area contributed by atoms with E-state index in [-0.39, 0.29) is 11.6 Å². The van der Waals surface area contributed by atoms with Gasteiger partial charge in [0.05, 0.1) is 18.1 Å². The van der Waals surface area contributed by atoms with Gasteiger partial charge in [-0.25, -0.2) is 4.68 Å². The molecule has 0 radical (unpaired) electrons. The number of aromatic nitrogens is 5. The lowest BCUT2D eigenvalue weighted by Gasteiger charge is -2.30. The number of rotatable bonds is 9. The van der Waals surface area contributed by atoms with Crippen LogP contribution in [-0.4, -0.2) is 30.1 Å². The van der Waals surface area contributed by atoms with Crippen LogP contribution in [0.2, 0.25) is 0 Å². The third kappa shape index (κ3) is 5.08. The molecule has 35 heavy (non-hydrogen) atoms. The second-order valence-electron chi connectivity index (χ2n) is 8.75. The first-order chi connectivity index (χ1) is 17.1. The monoisotopic (exact) mass is 484 g/mol. The summed E-state index contributed by atoms with van der Waals surface area (Å²) in [6.45, 7) is 5.96. The van der Waals surface area contributed by atoms with Gasteiger partial charge in [-0.15, -0.1) is 16.4 Å². The van der Waals surface area contributed by atoms with E-state index in [1.54, 1.807) is 11.3 Å². The number of hydrogen-bond acceptors (Lipinski definition) is 6. The van der Waals surface area contributed by atoms with Crippen LogP contribution >= 0.6 is 11.3 Å². The molecule has 8 heteroatoms. The molecule has 0 spiro atoms. The van der Waals surface area contributed by atoms with Crippen molar-refractivity contribution >= 4 is 22.2 Å². The number of tetrazole rings is 1. The van der Waals surface area contributed by atoms with Crippen molar-refractivity contribution in [3.8, 4) is 0 Å². The maximum Gasteiger partial charge on any atom is 0.252 e. The molecule has 2 aromatic carbocycles. The molecule has 0 saturated heterocycles. The minimum atomic E-state index is -0.0540. The van der Waals surface area contributed by atoms with Gasteiger partial charge < -0.3 is 4.98 Å². The lowest BCUT2D eigenvalue weighted by molar-refractivity contribution is 0.163. The van der Waals surface area contributed by atoms with Crippen LogP contribution in [-0.2, 0) is 19.6 Å². The molecule has 3 heterocycles. The van der Waals surface area contributed by atoms with Gasteiger partial charge in [0.15, 0.2) is 5.82 Å². The summed E-state index contributed by atoms with van der Waals surface area (Å²) in [6.07, 6.45) is 0.811. The van der Waals surface area contributed by atoms with Gasteiger partial charge in [0.25, 0.3) is 5.56 Å². The highest BCUT2D eigenvalue weighted by Gasteiger charge is 2.26. The highest BCUT2D eigenvalue weighted by molar-refractivity contribution is 7.09. The molecular weight excluding hydrogens is 456 g/mol. The number of H-pyrrole nitrogens is 1. The van der Waals surface area contributed by atoms with Crippen LogP contribution in [0.1, 0.15) is 46.8 Å². The topological polar surface area (TPSA) is 79.7 Å². The summed E-state index contributed by atoms with van der Waals surface area (Å²) in [5.41, 5.74) is 3.78. The van der Waals surface area contributed by atoms with Gasteiger partial charge in [-0.3, -0.25) is 9.69 Å². The van der Waals surface area contributed by atoms with Crippen LogP contribution in [0.5, 0.6) is 0 Å². The Hall–Kier alpha value is -3.62. The first kappa shape index (κ1) is 23.1. The van der Waals surface area contributed by atoms with Crippen molar-refractivity contribution in [2.45, 2.75) is 45.9 Å². The van der Waals surface area contributed by atoms with Crippen molar-refractivity contribution < 1.29 is 0 Å². The molecule has 0 aliphatic heterocycles. The number of fused-ring (bicyclic) bond motifs is 1. The summed E-state index contributed by atoms with van der Waals surface area (Å²) < 4.78 is 1.87. The lowest BCUT2D eigenvalue weighted by Crippen LogP contribution is -2.32. The molecule has 0 amide bonds. The first-order valence-corrected chi connectivity index (χ1v) is 12.7. The minimum Gasteiger partial charge on any atom is -0.321 e. The van der Waals surface area contributed by atoms with Gasteiger partial charge in [-0.05, 0) is 57.8 Å². The molecule has 1 atom stereocenters. The predicted octanol–water partition coefficient (Wildman–Crippen LogP) is 5.09. The second-order valence-corrected chi connectivity index (χ2v) is 9.78. The van der Waals surface area contributed by atoms with Crippen LogP contribution < -0.4 is 5.56 Å². The summed E-state index contributed by atoms with van der Waals surface area (Å²) in [4.78, 5) is 19.8. The van der Waals surface area contributed by atoms with Crippen molar-refractivity contribution in [2.75, 3.05) is 0 Å². The van der Waals surface area contributed by atoms with Crippen molar-refractivity contribution in [3.63, 3.8) is 0 Å². The molecule has 5 aromatic rings. The molecule has 0 aliphatic rings. The molecule has 7 nitrogen and oxygen atoms in total. The molecule has 1 N–H and O–H groups in total. The van der Waals surface area contributed by atoms with E-state index in [9.17, 15) is 4.79 Å². The Kier molecular flexibility index (Phi) is 6.83. The van der Waals surface area contributed by atoms with E-state index in [1.165, 1.54) is 4.88 Å². The molecule has 178 valence electrons. The number of thiophene rings is 1. The number of benzene rings is 2. The number of para-hydroxylation sites is 1. The van der Waals surface area contributed by atoms with Gasteiger partial charge >= 0.3 is 0 Å². The smallest absolute Gasteiger partial charge is 0.252 e. The molecule has 0 fully saturated rings. The molecule has 3 aromatic heterocycles. The lowest BCUT2D eigenvalue weighted by atomic mass is 10.1. The standard InChI is InChI=1S/C27H28N6OS/c1-3-24(26-29-30-31-33(26)16-20-10-5-4-6-11-20)32(18-23-13-8-14-35-23)17-22-15-21-12-7-9-19(2)25(21)28-27(22)34/h4-15,24H,3,16-18H2,1-2H3,(H,28,34)/t24-/m0/s1. The first-order valence-electron chi connectivity index (χ1n) is 11.8. The summed E-state index contributed by atoms with van der Waals surface area (Å²) in [5, 5.41) is 15.9. The average Bonchev–Trinajstić information content (AvgIpc) is 3.54. The van der Waals surface area contributed by atoms with Gasteiger partial charge in [0.1, 0.15) is 0 Å². The zero-order valence-electron chi connectivity index (χ0n) is 19.9. The Morgan fingerprint density at radius 2 is 1.91 bits per heavy atom. The molecule has 0 unspecified atom stereocenters. The van der Waals surface area contributed by atoms with E-state index in [2.05, 4.69) is 62.0 Å². The number of aryl methyl sites for hydroxylation is 1. The Bertz CT molecular complexity index is 1460. The van der Waals surface area contributed by atoms with Crippen molar-refractivity contribution in [1.29, 1.82) is 0 Å². The van der Waals surface area contributed by atoms with E-state index in [0.29, 0.717) is 19.6 Å². The van der Waals surface area contributed by atoms with Crippen LogP contribution in [0.3, 0.4) is 0 Å². The van der Waals surface area contributed by atoms with E-state index in [0.717, 1.165) is 39.8 Å². The van der Waals surface area contributed by atoms with Crippen molar-refractivity contribution in [3.05, 3.63) is 110 Å². The number of nitrogens with zero attached hydrogens (tertiary/aromatic N) is 5. The number of nitrogens with one attached hydrogen (secondary N) is 1. The molecule has 5 rings (SSSR count). The second kappa shape index (κ2) is 10.3. The molecular formula is C27H28N6OS. The van der Waals surface area contributed by atoms with Crippen LogP contribution in [0.15, 0.2) is 76.9 Å². The third-order valence-corrected chi connectivity index (χ3v) is 7.20. The fraction of sp³-hybridized carbons (Fsp3) is 0.259. The minimum absolute atomic E-state index is 0.0524. The number of pyridine rings is 1. The van der Waals surface area contributed by atoms with Crippen LogP contribution in [0, 0.1) is 6.92 Å². The fourth-order valence-corrected chi connectivity index (χ4v) is 5.30. The normalized spacial score (nSPS) is 12.4. The third-order valence-electron chi connectivity index (χ3n) is 6.34. The Labute approximate surface area is 208 Å². The van der Waals surface area contributed by atoms with Gasteiger partial charge in [-0.2, -0.15) is 0 Å². The zero-order valence-corrected chi connectivity index (χ0v) is 20.7. The maximum absolute atomic E-state index is 13.1. The number of aromatic amines is 1. The van der Waals surface area contributed by atoms with Gasteiger partial charge in [0.2, 0.25) is 0 Å². The highest BCUT2D eigenvalue weighted by atomic mass is 32.1. The van der Waals surface area contributed by atoms with Crippen molar-refractivity contribution in [1.82, 2.24) is 30.1 Å². The van der Waals surface area contributed by atoms with Crippen LogP contribution in [0.4, 0.5) is 0 Å². The summed E-state index contributed by atoms with van der Waals surface area (Å²) in [6, 6.07) is 22.4. The Balaban J connectivity index is 1.51. The highest BCUT2D eigenvalue weighted by Crippen LogP contribution is 2.28.